The predicted molar refractivity (Wildman–Crippen MR) is 209 cm³/mol. The van der Waals surface area contributed by atoms with Gasteiger partial charge in [-0.25, -0.2) is 0 Å². The predicted octanol–water partition coefficient (Wildman–Crippen LogP) is 2.37. The topological polar surface area (TPSA) is 186 Å². The smallest absolute Gasteiger partial charge is 0.311 e. The normalized spacial score (nSPS) is 46.5. The lowest BCUT2D eigenvalue weighted by Gasteiger charge is -2.50. The summed E-state index contributed by atoms with van der Waals surface area (Å²) < 4.78 is 44.3. The number of carbonyl (C=O) groups is 2. The summed E-state index contributed by atoms with van der Waals surface area (Å²) in [5.41, 5.74) is -4.27. The zero-order valence-electron chi connectivity index (χ0n) is 36.8. The van der Waals surface area contributed by atoms with Gasteiger partial charge in [0.25, 0.3) is 0 Å². The Kier molecular flexibility index (Phi) is 17.3. The largest absolute Gasteiger partial charge is 0.459 e. The van der Waals surface area contributed by atoms with E-state index in [0.717, 1.165) is 6.54 Å². The molecule has 15 heteroatoms. The average Bonchev–Trinajstić information content (AvgIpc) is 3.14. The molecule has 3 aliphatic heterocycles. The minimum atomic E-state index is -1.97. The number of rotatable bonds is 11. The molecular formula is C41H76N2O13. The van der Waals surface area contributed by atoms with E-state index in [1.165, 1.54) is 21.1 Å². The summed E-state index contributed by atoms with van der Waals surface area (Å²) in [5, 5.41) is 46.1. The van der Waals surface area contributed by atoms with Crippen molar-refractivity contribution in [3.63, 3.8) is 0 Å². The zero-order valence-corrected chi connectivity index (χ0v) is 36.8. The van der Waals surface area contributed by atoms with Gasteiger partial charge in [0.05, 0.1) is 47.6 Å². The SMILES string of the molecule is CC[C@H]1OC(=O)[C@H](C)[C@@H](O[C@H]2C[C@@](C)(OC)[C@@H](O)[C@H](C)O2)[C@H](C)[C@@H](O[C@@H]2O[C@H](C)C[C@H](N(C)CCN(C)C)[C@H]2O)[C@@](C)(OC)C[C@@H](C)C(=O)[C@H](C)[C@@H](O)[C@]1(C)O. The highest BCUT2D eigenvalue weighted by Crippen LogP contribution is 2.42. The van der Waals surface area contributed by atoms with Crippen LogP contribution >= 0.6 is 0 Å². The lowest BCUT2D eigenvalue weighted by molar-refractivity contribution is -0.319. The average molecular weight is 805 g/mol. The number of cyclic esters (lactones) is 1. The van der Waals surface area contributed by atoms with Crippen LogP contribution in [0, 0.1) is 23.7 Å². The monoisotopic (exact) mass is 805 g/mol. The van der Waals surface area contributed by atoms with Gasteiger partial charge in [0.2, 0.25) is 0 Å². The van der Waals surface area contributed by atoms with Crippen molar-refractivity contribution in [3.05, 3.63) is 0 Å². The van der Waals surface area contributed by atoms with Crippen molar-refractivity contribution >= 4 is 11.8 Å². The van der Waals surface area contributed by atoms with Gasteiger partial charge >= 0.3 is 5.97 Å². The molecule has 18 atom stereocenters. The molecule has 0 aliphatic carbocycles. The van der Waals surface area contributed by atoms with E-state index in [2.05, 4.69) is 9.80 Å². The first-order valence-corrected chi connectivity index (χ1v) is 20.5. The van der Waals surface area contributed by atoms with Gasteiger partial charge in [-0.1, -0.05) is 27.7 Å². The number of ether oxygens (including phenoxy) is 7. The first-order chi connectivity index (χ1) is 25.9. The highest BCUT2D eigenvalue weighted by Gasteiger charge is 2.54. The molecule has 3 aliphatic rings. The van der Waals surface area contributed by atoms with Crippen molar-refractivity contribution in [2.24, 2.45) is 23.7 Å². The molecule has 0 saturated carbocycles. The summed E-state index contributed by atoms with van der Waals surface area (Å²) in [5.74, 6) is -4.51. The third kappa shape index (κ3) is 10.9. The summed E-state index contributed by atoms with van der Waals surface area (Å²) in [6.07, 6.45) is -8.86. The maximum Gasteiger partial charge on any atom is 0.311 e. The number of aliphatic hydroxyl groups is 4. The number of likely N-dealkylation sites (N-methyl/N-ethyl adjacent to an activating group) is 2. The number of aliphatic hydroxyl groups excluding tert-OH is 3. The molecule has 0 aromatic rings. The molecule has 15 nitrogen and oxygen atoms in total. The minimum Gasteiger partial charge on any atom is -0.459 e. The van der Waals surface area contributed by atoms with Crippen LogP contribution in [0.4, 0.5) is 0 Å². The van der Waals surface area contributed by atoms with Gasteiger partial charge in [-0.05, 0) is 81.9 Å². The van der Waals surface area contributed by atoms with Crippen molar-refractivity contribution in [1.29, 1.82) is 0 Å². The van der Waals surface area contributed by atoms with E-state index in [1.54, 1.807) is 41.5 Å². The summed E-state index contributed by atoms with van der Waals surface area (Å²) >= 11 is 0. The Balaban J connectivity index is 2.21. The van der Waals surface area contributed by atoms with E-state index in [1.807, 2.05) is 41.9 Å². The van der Waals surface area contributed by atoms with Crippen LogP contribution in [-0.2, 0) is 42.7 Å². The summed E-state index contributed by atoms with van der Waals surface area (Å²) in [7, 11) is 8.97. The van der Waals surface area contributed by atoms with Crippen LogP contribution in [0.2, 0.25) is 0 Å². The number of Topliss-reactive ketones (excluding diaryl/α,β-unsaturated/α-hetero) is 1. The highest BCUT2D eigenvalue weighted by molar-refractivity contribution is 5.83. The molecule has 56 heavy (non-hydrogen) atoms. The molecule has 0 radical (unpaired) electrons. The van der Waals surface area contributed by atoms with Crippen molar-refractivity contribution in [2.45, 2.75) is 179 Å². The fourth-order valence-electron chi connectivity index (χ4n) is 9.03. The Bertz CT molecular complexity index is 1270. The van der Waals surface area contributed by atoms with Gasteiger partial charge in [-0.3, -0.25) is 14.5 Å². The van der Waals surface area contributed by atoms with Gasteiger partial charge in [0.1, 0.15) is 29.7 Å². The van der Waals surface area contributed by atoms with Crippen molar-refractivity contribution < 1.29 is 63.2 Å². The molecule has 3 fully saturated rings. The first-order valence-electron chi connectivity index (χ1n) is 20.5. The van der Waals surface area contributed by atoms with E-state index in [-0.39, 0.29) is 37.2 Å². The van der Waals surface area contributed by atoms with Gasteiger partial charge < -0.3 is 58.5 Å². The minimum absolute atomic E-state index is 0.106. The first kappa shape index (κ1) is 49.0. The lowest BCUT2D eigenvalue weighted by Crippen LogP contribution is -2.61. The lowest BCUT2D eigenvalue weighted by atomic mass is 9.74. The van der Waals surface area contributed by atoms with Crippen LogP contribution in [0.3, 0.4) is 0 Å². The molecule has 0 aromatic carbocycles. The number of methoxy groups -OCH3 is 2. The Morgan fingerprint density at radius 1 is 0.821 bits per heavy atom. The Hall–Kier alpha value is -1.34. The second-order valence-corrected chi connectivity index (χ2v) is 18.0. The molecule has 0 aromatic heterocycles. The maximum absolute atomic E-state index is 14.3. The molecule has 3 rings (SSSR count). The maximum atomic E-state index is 14.3. The van der Waals surface area contributed by atoms with Crippen LogP contribution in [0.1, 0.15) is 94.9 Å². The Morgan fingerprint density at radius 2 is 1.43 bits per heavy atom. The van der Waals surface area contributed by atoms with Crippen LogP contribution in [0.15, 0.2) is 0 Å². The van der Waals surface area contributed by atoms with Gasteiger partial charge in [-0.2, -0.15) is 0 Å². The molecule has 3 saturated heterocycles. The van der Waals surface area contributed by atoms with Crippen molar-refractivity contribution in [2.75, 3.05) is 48.5 Å². The fraction of sp³-hybridized carbons (Fsp3) is 0.951. The summed E-state index contributed by atoms with van der Waals surface area (Å²) in [6.45, 7) is 18.6. The number of carbonyl (C=O) groups excluding carboxylic acids is 2. The van der Waals surface area contributed by atoms with Crippen molar-refractivity contribution in [1.82, 2.24) is 9.80 Å². The molecule has 0 spiro atoms. The van der Waals surface area contributed by atoms with Crippen LogP contribution in [0.25, 0.3) is 0 Å². The summed E-state index contributed by atoms with van der Waals surface area (Å²) in [6, 6.07) is -0.302. The zero-order chi connectivity index (χ0) is 42.7. The second-order valence-electron chi connectivity index (χ2n) is 18.0. The molecule has 3 heterocycles. The number of hydrogen-bond donors (Lipinski definition) is 4. The molecule has 0 unspecified atom stereocenters. The molecule has 4 N–H and O–H groups in total. The van der Waals surface area contributed by atoms with Gasteiger partial charge in [0.15, 0.2) is 12.6 Å². The Labute approximate surface area is 335 Å². The van der Waals surface area contributed by atoms with E-state index >= 15 is 0 Å². The van der Waals surface area contributed by atoms with Crippen LogP contribution in [-0.4, -0.2) is 175 Å². The number of esters is 1. The Morgan fingerprint density at radius 3 is 1.98 bits per heavy atom. The number of ketones is 1. The van der Waals surface area contributed by atoms with Gasteiger partial charge in [0, 0.05) is 57.5 Å². The quantitative estimate of drug-likeness (QED) is 0.223. The van der Waals surface area contributed by atoms with Crippen LogP contribution in [0.5, 0.6) is 0 Å². The number of nitrogens with zero attached hydrogens (tertiary/aromatic N) is 2. The van der Waals surface area contributed by atoms with E-state index in [9.17, 15) is 30.0 Å². The molecule has 328 valence electrons. The van der Waals surface area contributed by atoms with E-state index in [4.69, 9.17) is 33.2 Å². The standard InChI is InChI=1S/C41H76N2O13/c1-16-29-41(10,49)34(46)24(4)31(44)22(2)20-40(9,51-15)36(56-38-32(45)28(19-23(3)52-38)43(13)18-17-42(11)12)25(5)33(26(6)37(48)54-29)55-30-21-39(8,50-14)35(47)27(7)53-30/h22-30,32-36,38,45-47,49H,16-21H2,1-15H3/t22-,23-,24+,25+,26-,27+,28+,29-,30+,32-,33+,34-,35+,36-,38+,39-,40+,41-/m1/s1. The summed E-state index contributed by atoms with van der Waals surface area (Å²) in [4.78, 5) is 32.5. The molecular weight excluding hydrogens is 728 g/mol. The second kappa shape index (κ2) is 19.8. The van der Waals surface area contributed by atoms with Crippen molar-refractivity contribution in [3.8, 4) is 0 Å². The number of hydrogen-bond acceptors (Lipinski definition) is 15. The van der Waals surface area contributed by atoms with E-state index < -0.39 is 102 Å². The van der Waals surface area contributed by atoms with E-state index in [0.29, 0.717) is 13.0 Å². The van der Waals surface area contributed by atoms with Gasteiger partial charge in [-0.15, -0.1) is 0 Å². The third-order valence-electron chi connectivity index (χ3n) is 13.1. The molecule has 0 amide bonds. The highest BCUT2D eigenvalue weighted by atomic mass is 16.7. The third-order valence-corrected chi connectivity index (χ3v) is 13.1. The van der Waals surface area contributed by atoms with Crippen LogP contribution < -0.4 is 0 Å². The fourth-order valence-corrected chi connectivity index (χ4v) is 9.03. The molecule has 0 bridgehead atoms.